The Morgan fingerprint density at radius 1 is 1.10 bits per heavy atom. The summed E-state index contributed by atoms with van der Waals surface area (Å²) in [4.78, 5) is 4.16. The van der Waals surface area contributed by atoms with Crippen LogP contribution in [0.2, 0.25) is 0 Å². The maximum Gasteiger partial charge on any atom is 0.260 e. The zero-order chi connectivity index (χ0) is 15.0. The highest BCUT2D eigenvalue weighted by Crippen LogP contribution is 2.31. The van der Waals surface area contributed by atoms with Crippen molar-refractivity contribution in [3.8, 4) is 22.8 Å². The van der Waals surface area contributed by atoms with Crippen molar-refractivity contribution in [3.05, 3.63) is 52.5 Å². The minimum absolute atomic E-state index is 0.156. The van der Waals surface area contributed by atoms with Gasteiger partial charge in [0, 0.05) is 10.0 Å². The van der Waals surface area contributed by atoms with Gasteiger partial charge in [-0.3, -0.25) is 0 Å². The second-order valence-electron chi connectivity index (χ2n) is 4.25. The molecule has 4 nitrogen and oxygen atoms in total. The third-order valence-electron chi connectivity index (χ3n) is 2.89. The molecule has 3 aromatic rings. The lowest BCUT2D eigenvalue weighted by Gasteiger charge is -2.01. The van der Waals surface area contributed by atoms with Gasteiger partial charge in [0.05, 0.1) is 11.3 Å². The van der Waals surface area contributed by atoms with Crippen molar-refractivity contribution in [2.75, 3.05) is 5.73 Å². The number of hydrogen-bond acceptors (Lipinski definition) is 4. The highest BCUT2D eigenvalue weighted by Gasteiger charge is 2.15. The summed E-state index contributed by atoms with van der Waals surface area (Å²) >= 11 is 3.31. The molecule has 0 atom stereocenters. The van der Waals surface area contributed by atoms with Gasteiger partial charge in [0.1, 0.15) is 0 Å². The predicted molar refractivity (Wildman–Crippen MR) is 77.2 cm³/mol. The van der Waals surface area contributed by atoms with E-state index in [1.165, 1.54) is 6.07 Å². The van der Waals surface area contributed by atoms with Gasteiger partial charge in [-0.2, -0.15) is 4.98 Å². The number of anilines is 1. The molecule has 0 aliphatic rings. The molecule has 1 aromatic heterocycles. The Morgan fingerprint density at radius 3 is 2.67 bits per heavy atom. The molecular formula is C14H8BrF2N3O. The van der Waals surface area contributed by atoms with Crippen molar-refractivity contribution in [1.29, 1.82) is 0 Å². The second-order valence-corrected chi connectivity index (χ2v) is 5.11. The Labute approximate surface area is 126 Å². The summed E-state index contributed by atoms with van der Waals surface area (Å²) in [5, 5.41) is 3.76. The summed E-state index contributed by atoms with van der Waals surface area (Å²) in [5.74, 6) is -1.55. The van der Waals surface area contributed by atoms with Crippen LogP contribution < -0.4 is 5.73 Å². The zero-order valence-electron chi connectivity index (χ0n) is 10.5. The molecule has 0 amide bonds. The summed E-state index contributed by atoms with van der Waals surface area (Å²) in [6.45, 7) is 0. The average Bonchev–Trinajstić information content (AvgIpc) is 2.94. The van der Waals surface area contributed by atoms with Crippen molar-refractivity contribution in [1.82, 2.24) is 10.1 Å². The third kappa shape index (κ3) is 2.52. The lowest BCUT2D eigenvalue weighted by atomic mass is 10.2. The van der Waals surface area contributed by atoms with E-state index in [-0.39, 0.29) is 11.7 Å². The van der Waals surface area contributed by atoms with E-state index in [0.29, 0.717) is 21.3 Å². The van der Waals surface area contributed by atoms with E-state index >= 15 is 0 Å². The van der Waals surface area contributed by atoms with Crippen LogP contribution in [-0.4, -0.2) is 10.1 Å². The molecule has 2 aromatic carbocycles. The lowest BCUT2D eigenvalue weighted by molar-refractivity contribution is 0.432. The average molecular weight is 352 g/mol. The van der Waals surface area contributed by atoms with Crippen LogP contribution in [0, 0.1) is 11.6 Å². The molecule has 0 spiro atoms. The van der Waals surface area contributed by atoms with Crippen LogP contribution >= 0.6 is 15.9 Å². The standard InChI is InChI=1S/C14H8BrF2N3O/c15-9-3-1-2-8(12(9)18)14-19-13(20-21-14)7-4-5-10(16)11(17)6-7/h1-6H,18H2. The molecule has 0 saturated carbocycles. The van der Waals surface area contributed by atoms with E-state index in [1.807, 2.05) is 0 Å². The van der Waals surface area contributed by atoms with Crippen molar-refractivity contribution in [2.24, 2.45) is 0 Å². The van der Waals surface area contributed by atoms with Crippen LogP contribution in [0.4, 0.5) is 14.5 Å². The Kier molecular flexibility index (Phi) is 3.42. The molecule has 1 heterocycles. The number of nitrogens with zero attached hydrogens (tertiary/aromatic N) is 2. The van der Waals surface area contributed by atoms with E-state index in [0.717, 1.165) is 12.1 Å². The topological polar surface area (TPSA) is 64.9 Å². The number of benzene rings is 2. The fraction of sp³-hybridized carbons (Fsp3) is 0. The minimum Gasteiger partial charge on any atom is -0.397 e. The molecule has 0 bridgehead atoms. The molecule has 7 heteroatoms. The number of rotatable bonds is 2. The number of nitrogens with two attached hydrogens (primary N) is 1. The van der Waals surface area contributed by atoms with Crippen molar-refractivity contribution >= 4 is 21.6 Å². The molecule has 0 radical (unpaired) electrons. The van der Waals surface area contributed by atoms with Crippen LogP contribution in [0.25, 0.3) is 22.8 Å². The minimum atomic E-state index is -0.971. The van der Waals surface area contributed by atoms with Crippen LogP contribution in [0.3, 0.4) is 0 Å². The van der Waals surface area contributed by atoms with Crippen LogP contribution in [0.15, 0.2) is 45.4 Å². The summed E-state index contributed by atoms with van der Waals surface area (Å²) < 4.78 is 32.0. The first-order chi connectivity index (χ1) is 10.1. The van der Waals surface area contributed by atoms with E-state index in [2.05, 4.69) is 26.1 Å². The van der Waals surface area contributed by atoms with E-state index in [9.17, 15) is 8.78 Å². The van der Waals surface area contributed by atoms with E-state index in [4.69, 9.17) is 10.3 Å². The number of hydrogen-bond donors (Lipinski definition) is 1. The van der Waals surface area contributed by atoms with Crippen molar-refractivity contribution in [2.45, 2.75) is 0 Å². The fourth-order valence-corrected chi connectivity index (χ4v) is 2.18. The van der Waals surface area contributed by atoms with Gasteiger partial charge in [-0.15, -0.1) is 0 Å². The molecule has 3 rings (SSSR count). The Morgan fingerprint density at radius 2 is 1.90 bits per heavy atom. The number of aromatic nitrogens is 2. The maximum absolute atomic E-state index is 13.2. The predicted octanol–water partition coefficient (Wildman–Crippen LogP) is 4.03. The van der Waals surface area contributed by atoms with Gasteiger partial charge >= 0.3 is 0 Å². The summed E-state index contributed by atoms with van der Waals surface area (Å²) in [6.07, 6.45) is 0. The molecule has 0 fully saturated rings. The molecular weight excluding hydrogens is 344 g/mol. The van der Waals surface area contributed by atoms with E-state index in [1.54, 1.807) is 18.2 Å². The zero-order valence-corrected chi connectivity index (χ0v) is 12.1. The summed E-state index contributed by atoms with van der Waals surface area (Å²) in [5.41, 5.74) is 7.26. The number of para-hydroxylation sites is 1. The van der Waals surface area contributed by atoms with Crippen molar-refractivity contribution < 1.29 is 13.3 Å². The van der Waals surface area contributed by atoms with Gasteiger partial charge < -0.3 is 10.3 Å². The van der Waals surface area contributed by atoms with Gasteiger partial charge in [-0.05, 0) is 46.3 Å². The third-order valence-corrected chi connectivity index (χ3v) is 3.58. The fourth-order valence-electron chi connectivity index (χ4n) is 1.81. The Bertz CT molecular complexity index is 820. The summed E-state index contributed by atoms with van der Waals surface area (Å²) in [6, 6.07) is 8.67. The molecule has 2 N–H and O–H groups in total. The molecule has 0 saturated heterocycles. The first-order valence-electron chi connectivity index (χ1n) is 5.90. The SMILES string of the molecule is Nc1c(Br)cccc1-c1nc(-c2ccc(F)c(F)c2)no1. The monoisotopic (exact) mass is 351 g/mol. The molecule has 0 unspecified atom stereocenters. The highest BCUT2D eigenvalue weighted by atomic mass is 79.9. The molecule has 0 aliphatic carbocycles. The van der Waals surface area contributed by atoms with Gasteiger partial charge in [0.15, 0.2) is 11.6 Å². The highest BCUT2D eigenvalue weighted by molar-refractivity contribution is 9.10. The molecule has 106 valence electrons. The summed E-state index contributed by atoms with van der Waals surface area (Å²) in [7, 11) is 0. The van der Waals surface area contributed by atoms with Crippen LogP contribution in [-0.2, 0) is 0 Å². The quantitative estimate of drug-likeness (QED) is 0.708. The smallest absolute Gasteiger partial charge is 0.260 e. The number of halogens is 3. The molecule has 21 heavy (non-hydrogen) atoms. The Balaban J connectivity index is 2.03. The van der Waals surface area contributed by atoms with Gasteiger partial charge in [-0.25, -0.2) is 8.78 Å². The largest absolute Gasteiger partial charge is 0.397 e. The lowest BCUT2D eigenvalue weighted by Crippen LogP contribution is -1.91. The van der Waals surface area contributed by atoms with Gasteiger partial charge in [0.2, 0.25) is 5.82 Å². The molecule has 0 aliphatic heterocycles. The van der Waals surface area contributed by atoms with Crippen LogP contribution in [0.1, 0.15) is 0 Å². The maximum atomic E-state index is 13.2. The van der Waals surface area contributed by atoms with Gasteiger partial charge in [-0.1, -0.05) is 11.2 Å². The first kappa shape index (κ1) is 13.7. The number of nitrogen functional groups attached to an aromatic ring is 1. The Hall–Kier alpha value is -2.28. The van der Waals surface area contributed by atoms with Crippen LogP contribution in [0.5, 0.6) is 0 Å². The normalized spacial score (nSPS) is 10.8. The van der Waals surface area contributed by atoms with Gasteiger partial charge in [0.25, 0.3) is 5.89 Å². The first-order valence-corrected chi connectivity index (χ1v) is 6.69. The van der Waals surface area contributed by atoms with E-state index < -0.39 is 11.6 Å². The van der Waals surface area contributed by atoms with Crippen molar-refractivity contribution in [3.63, 3.8) is 0 Å². The second kappa shape index (κ2) is 5.25.